The van der Waals surface area contributed by atoms with Gasteiger partial charge in [-0.3, -0.25) is 0 Å². The van der Waals surface area contributed by atoms with E-state index in [1.54, 1.807) is 5.30 Å². The van der Waals surface area contributed by atoms with E-state index in [-0.39, 0.29) is 41.2 Å². The molecule has 16 aliphatic heterocycles. The summed E-state index contributed by atoms with van der Waals surface area (Å²) in [7, 11) is 0.424. The van der Waals surface area contributed by atoms with Crippen molar-refractivity contribution in [2.45, 2.75) is 20.8 Å². The van der Waals surface area contributed by atoms with Crippen LogP contribution in [0.5, 0.6) is 92.0 Å². The molecule has 0 unspecified atom stereocenters. The Morgan fingerprint density at radius 3 is 1.12 bits per heavy atom. The minimum atomic E-state index is -2.13. The fourth-order valence-electron chi connectivity index (χ4n) is 25.7. The quantitative estimate of drug-likeness (QED) is 0.124. The Hall–Kier alpha value is -13.7. The zero-order valence-corrected chi connectivity index (χ0v) is 69.2. The SMILES string of the molecule is Cc1ccc2c(c1)c1ccc3c4c1n2-c1cccc2c1B4c1c(cccc1O3)O2.Cc1ccc2c3ccc4c5c3n(c2c1)-c1cccc2c1B5c1c(cccc1O4)O2.Cc1cccc2c1c1ccc3c4c1n2-c1cccc2c1B4c1c(cccc1O3)O2.[B]1B2[BH2-]P12(N=[P+]1B2[BH2-]B21)c1cc2c3c4c1c1ccccc1n4-c1cccc4c1B3c1c(cccc1O2)O4. The summed E-state index contributed by atoms with van der Waals surface area (Å²) >= 11 is 0. The van der Waals surface area contributed by atoms with Crippen molar-refractivity contribution in [1.29, 1.82) is 0 Å². The van der Waals surface area contributed by atoms with Gasteiger partial charge < -0.3 is 42.1 Å². The number of benzene rings is 16. The Bertz CT molecular complexity index is 8720. The van der Waals surface area contributed by atoms with Gasteiger partial charge in [-0.1, -0.05) is 72.3 Å². The molecule has 1 radical (unpaired) electrons. The third kappa shape index (κ3) is 7.55. The van der Waals surface area contributed by atoms with Gasteiger partial charge in [0.05, 0.1) is 33.1 Å². The molecule has 20 heterocycles. The van der Waals surface area contributed by atoms with E-state index in [4.69, 9.17) is 42.4 Å². The summed E-state index contributed by atoms with van der Waals surface area (Å²) in [5, 5.41) is 12.2. The fourth-order valence-corrected chi connectivity index (χ4v) is 38.4. The second kappa shape index (κ2) is 21.5. The predicted molar refractivity (Wildman–Crippen MR) is 518 cm³/mol. The summed E-state index contributed by atoms with van der Waals surface area (Å²) < 4.78 is 67.4. The van der Waals surface area contributed by atoms with E-state index in [1.807, 2.05) is 18.2 Å². The molecule has 36 rings (SSSR count). The van der Waals surface area contributed by atoms with Crippen LogP contribution in [0.1, 0.15) is 16.7 Å². The predicted octanol–water partition coefficient (Wildman–Crippen LogP) is 13.9. The molecule has 16 aromatic carbocycles. The number of hydrogen-bond donors (Lipinski definition) is 0. The van der Waals surface area contributed by atoms with E-state index < -0.39 is 6.39 Å². The molecule has 16 aliphatic rings. The number of nitrogens with zero attached hydrogens (tertiary/aromatic N) is 5. The number of hydrogen-bond acceptors (Lipinski definition) is 9. The average molecular weight is 1610 g/mol. The van der Waals surface area contributed by atoms with E-state index in [0.717, 1.165) is 127 Å². The summed E-state index contributed by atoms with van der Waals surface area (Å²) in [5.41, 5.74) is 33.7. The molecule has 13 nitrogen and oxygen atoms in total. The Morgan fingerprint density at radius 1 is 0.290 bits per heavy atom. The molecule has 4 aromatic heterocycles. The van der Waals surface area contributed by atoms with Crippen LogP contribution in [0.2, 0.25) is 0 Å². The van der Waals surface area contributed by atoms with E-state index in [1.165, 1.54) is 176 Å². The standard InChI is InChI=1S/3C25H14BNO2.C24H15B7N2O2P2/c1-13-5-2-6-15-21(13)14-11-12-20-24-25(14)27(15)16-7-3-8-17-22(16)26(24)23-18(28-17)9-4-10-19(23)29-20;1-13-8-10-16-15(12-13)14-9-11-21-24-25(14)27(16)17-4-2-5-18-22(17)26(24)23-19(28-18)6-3-7-20(23)29-21;1-13-8-9-14-15-10-11-21-24-25(15)27(17(14)12-13)16-4-2-5-18-22(16)26(24)23-19(28-18)6-3-7-20(23)29-21;1-2-6-13-12(5-1)20-19(37(26-29(37)27-37)32-36-30-25-31(30)36)11-18-23-24(20)33(13)14-7-3-8-15-21(14)28(23)22-16(34-15)9-4-10-17(22)35-18/h3*2-12H,1H3;1-11H,25-26H2/q;;;-1. The summed E-state index contributed by atoms with van der Waals surface area (Å²) in [4.78, 5) is 0. The molecular weight excluding hydrogens is 1560 g/mol. The first-order valence-electron chi connectivity index (χ1n) is 44.0. The van der Waals surface area contributed by atoms with Crippen LogP contribution in [0.15, 0.2) is 271 Å². The first-order valence-corrected chi connectivity index (χ1v) is 48.2. The Morgan fingerprint density at radius 2 is 0.645 bits per heavy atom. The van der Waals surface area contributed by atoms with Gasteiger partial charge in [0, 0.05) is 65.8 Å². The fraction of sp³-hybridized carbons (Fsp3) is 0.0303. The van der Waals surface area contributed by atoms with Crippen LogP contribution in [-0.4, -0.2) is 84.6 Å². The van der Waals surface area contributed by atoms with Crippen molar-refractivity contribution >= 4 is 238 Å². The summed E-state index contributed by atoms with van der Waals surface area (Å²) in [6.07, 6.45) is 0.952. The van der Waals surface area contributed by atoms with E-state index in [9.17, 15) is 0 Å². The van der Waals surface area contributed by atoms with Gasteiger partial charge in [-0.2, -0.15) is 0 Å². The number of para-hydroxylation sites is 1. The summed E-state index contributed by atoms with van der Waals surface area (Å²) in [6, 6.07) is 95.2. The first kappa shape index (κ1) is 65.1. The average Bonchev–Trinajstić information content (AvgIpc) is 1.42. The molecule has 0 spiro atoms. The molecule has 4 saturated heterocycles. The zero-order valence-electron chi connectivity index (χ0n) is 67.4. The van der Waals surface area contributed by atoms with Gasteiger partial charge >= 0.3 is 218 Å². The molecular formula is C99H57B10N5O8P2-. The molecule has 20 aromatic rings. The van der Waals surface area contributed by atoms with Crippen LogP contribution < -0.4 is 109 Å². The Kier molecular flexibility index (Phi) is 11.3. The number of rotatable bonds is 2. The van der Waals surface area contributed by atoms with Crippen LogP contribution in [0.25, 0.3) is 110 Å². The minimum absolute atomic E-state index is 0.00804. The van der Waals surface area contributed by atoms with Crippen LogP contribution in [0.4, 0.5) is 0 Å². The second-order valence-electron chi connectivity index (χ2n) is 37.6. The molecule has 25 heteroatoms. The monoisotopic (exact) mass is 1620 g/mol. The van der Waals surface area contributed by atoms with Crippen LogP contribution in [0, 0.1) is 20.8 Å². The van der Waals surface area contributed by atoms with Crippen molar-refractivity contribution in [3.8, 4) is 115 Å². The molecule has 0 N–H and O–H groups in total. The third-order valence-corrected chi connectivity index (χ3v) is 42.8. The number of aryl methyl sites for hydroxylation is 3. The van der Waals surface area contributed by atoms with Gasteiger partial charge in [-0.05, 0) is 198 Å². The van der Waals surface area contributed by atoms with Crippen LogP contribution in [0.3, 0.4) is 0 Å². The molecule has 567 valence electrons. The van der Waals surface area contributed by atoms with E-state index in [0.29, 0.717) is 7.06 Å². The van der Waals surface area contributed by atoms with Gasteiger partial charge in [0.2, 0.25) is 0 Å². The van der Waals surface area contributed by atoms with Gasteiger partial charge in [0.1, 0.15) is 69.0 Å². The number of fused-ring (bicyclic) bond motifs is 18. The van der Waals surface area contributed by atoms with E-state index in [2.05, 4.69) is 295 Å². The van der Waals surface area contributed by atoms with Crippen molar-refractivity contribution in [3.05, 3.63) is 284 Å². The summed E-state index contributed by atoms with van der Waals surface area (Å²) in [5.74, 6) is 15.0. The van der Waals surface area contributed by atoms with Crippen LogP contribution in [-0.2, 0) is 0 Å². The van der Waals surface area contributed by atoms with Gasteiger partial charge in [-0.25, -0.2) is 0 Å². The van der Waals surface area contributed by atoms with Crippen LogP contribution >= 0.6 is 13.9 Å². The zero-order chi connectivity index (χ0) is 80.0. The molecule has 4 fully saturated rings. The molecule has 0 amide bonds. The first-order chi connectivity index (χ1) is 61.1. The molecule has 124 heavy (non-hydrogen) atoms. The van der Waals surface area contributed by atoms with Gasteiger partial charge in [-0.15, -0.1) is 0 Å². The number of aromatic nitrogens is 4. The number of ether oxygens (including phenoxy) is 8. The maximum absolute atomic E-state index is 6.84. The molecule has 0 atom stereocenters. The third-order valence-electron chi connectivity index (χ3n) is 31.5. The normalized spacial score (nSPS) is 16.6. The van der Waals surface area contributed by atoms with Crippen molar-refractivity contribution in [2.75, 3.05) is 0 Å². The van der Waals surface area contributed by atoms with Crippen molar-refractivity contribution < 1.29 is 37.9 Å². The molecule has 0 bridgehead atoms. The second-order valence-corrected chi connectivity index (χ2v) is 46.2. The molecule has 0 saturated carbocycles. The Balaban J connectivity index is 0.0000000775. The maximum atomic E-state index is 6.84. The Labute approximate surface area is 713 Å². The molecule has 0 aliphatic carbocycles. The van der Waals surface area contributed by atoms with Crippen molar-refractivity contribution in [3.63, 3.8) is 0 Å². The van der Waals surface area contributed by atoms with E-state index >= 15 is 0 Å². The summed E-state index contributed by atoms with van der Waals surface area (Å²) in [6.45, 7) is 9.83. The van der Waals surface area contributed by atoms with Gasteiger partial charge in [0.25, 0.3) is 20.1 Å². The van der Waals surface area contributed by atoms with Crippen molar-refractivity contribution in [2.24, 2.45) is 4.52 Å². The van der Waals surface area contributed by atoms with Crippen molar-refractivity contribution in [1.82, 2.24) is 18.3 Å². The topological polar surface area (TPSA) is 106 Å². The van der Waals surface area contributed by atoms with Gasteiger partial charge in [0.15, 0.2) is 0 Å².